The molecule has 0 atom stereocenters. The maximum atomic E-state index is 11.4. The van der Waals surface area contributed by atoms with Gasteiger partial charge < -0.3 is 0 Å². The monoisotopic (exact) mass is 279 g/mol. The molecule has 0 N–H and O–H groups in total. The molecule has 4 nitrogen and oxygen atoms in total. The molecule has 0 unspecified atom stereocenters. The Balaban J connectivity index is 2.52. The van der Waals surface area contributed by atoms with Crippen LogP contribution in [0.4, 0.5) is 0 Å². The van der Waals surface area contributed by atoms with Gasteiger partial charge in [0, 0.05) is 35.0 Å². The van der Waals surface area contributed by atoms with Crippen LogP contribution in [-0.4, -0.2) is 14.8 Å². The number of aryl methyl sites for hydroxylation is 1. The quantitative estimate of drug-likeness (QED) is 0.846. The number of hydrogen-bond acceptors (Lipinski definition) is 3. The summed E-state index contributed by atoms with van der Waals surface area (Å²) in [6.07, 6.45) is 3.43. The topological polar surface area (TPSA) is 47.8 Å². The molecule has 0 aliphatic rings. The zero-order valence-corrected chi connectivity index (χ0v) is 10.3. The molecule has 0 saturated heterocycles. The molecule has 2 aromatic rings. The second-order valence-electron chi connectivity index (χ2n) is 3.26. The van der Waals surface area contributed by atoms with Crippen LogP contribution >= 0.6 is 15.9 Å². The van der Waals surface area contributed by atoms with Crippen molar-refractivity contribution in [2.75, 3.05) is 0 Å². The van der Waals surface area contributed by atoms with E-state index in [0.29, 0.717) is 6.54 Å². The lowest BCUT2D eigenvalue weighted by Crippen LogP contribution is -2.20. The maximum Gasteiger partial charge on any atom is 0.266 e. The predicted octanol–water partition coefficient (Wildman–Crippen LogP) is 2.09. The molecule has 0 amide bonds. The number of hydrogen-bond donors (Lipinski definition) is 0. The number of nitrogens with zero attached hydrogens (tertiary/aromatic N) is 3. The molecule has 2 heterocycles. The summed E-state index contributed by atoms with van der Waals surface area (Å²) in [4.78, 5) is 15.4. The summed E-state index contributed by atoms with van der Waals surface area (Å²) in [6, 6.07) is 5.14. The average molecular weight is 280 g/mol. The van der Waals surface area contributed by atoms with Gasteiger partial charge >= 0.3 is 0 Å². The van der Waals surface area contributed by atoms with Crippen LogP contribution in [0.2, 0.25) is 0 Å². The molecule has 0 aliphatic heterocycles. The molecule has 2 rings (SSSR count). The van der Waals surface area contributed by atoms with Gasteiger partial charge in [-0.15, -0.1) is 0 Å². The second-order valence-corrected chi connectivity index (χ2v) is 4.18. The fourth-order valence-electron chi connectivity index (χ4n) is 1.38. The first-order valence-corrected chi connectivity index (χ1v) is 5.69. The summed E-state index contributed by atoms with van der Waals surface area (Å²) < 4.78 is 2.32. The van der Waals surface area contributed by atoms with Gasteiger partial charge in [0.15, 0.2) is 0 Å². The Morgan fingerprint density at radius 3 is 2.88 bits per heavy atom. The average Bonchev–Trinajstić information content (AvgIpc) is 2.29. The van der Waals surface area contributed by atoms with Gasteiger partial charge in [-0.1, -0.05) is 0 Å². The van der Waals surface area contributed by atoms with Crippen molar-refractivity contribution in [2.24, 2.45) is 0 Å². The normalized spacial score (nSPS) is 10.4. The fourth-order valence-corrected chi connectivity index (χ4v) is 1.75. The third kappa shape index (κ3) is 2.19. The molecule has 0 bridgehead atoms. The number of pyridine rings is 1. The molecule has 0 saturated carbocycles. The molecule has 16 heavy (non-hydrogen) atoms. The summed E-state index contributed by atoms with van der Waals surface area (Å²) in [5.41, 5.74) is 1.54. The summed E-state index contributed by atoms with van der Waals surface area (Å²) in [7, 11) is 0. The summed E-state index contributed by atoms with van der Waals surface area (Å²) >= 11 is 3.35. The van der Waals surface area contributed by atoms with Gasteiger partial charge in [-0.05, 0) is 35.0 Å². The highest BCUT2D eigenvalue weighted by Crippen LogP contribution is 2.18. The van der Waals surface area contributed by atoms with Crippen LogP contribution in [0.15, 0.2) is 39.9 Å². The molecule has 5 heteroatoms. The first-order chi connectivity index (χ1) is 7.70. The van der Waals surface area contributed by atoms with Crippen molar-refractivity contribution in [1.29, 1.82) is 0 Å². The van der Waals surface area contributed by atoms with E-state index in [9.17, 15) is 4.79 Å². The summed E-state index contributed by atoms with van der Waals surface area (Å²) in [6.45, 7) is 2.45. The van der Waals surface area contributed by atoms with Crippen molar-refractivity contribution in [2.45, 2.75) is 13.5 Å². The highest BCUT2D eigenvalue weighted by atomic mass is 79.9. The first-order valence-electron chi connectivity index (χ1n) is 4.90. The van der Waals surface area contributed by atoms with E-state index >= 15 is 0 Å². The lowest BCUT2D eigenvalue weighted by atomic mass is 10.2. The highest BCUT2D eigenvalue weighted by Gasteiger charge is 2.03. The van der Waals surface area contributed by atoms with Crippen molar-refractivity contribution >= 4 is 15.9 Å². The minimum absolute atomic E-state index is 0.0887. The lowest BCUT2D eigenvalue weighted by Gasteiger charge is -2.04. The van der Waals surface area contributed by atoms with Crippen LogP contribution in [0.3, 0.4) is 0 Å². The highest BCUT2D eigenvalue weighted by molar-refractivity contribution is 9.10. The van der Waals surface area contributed by atoms with Crippen LogP contribution in [0.25, 0.3) is 11.3 Å². The zero-order chi connectivity index (χ0) is 11.5. The van der Waals surface area contributed by atoms with Crippen LogP contribution < -0.4 is 5.56 Å². The molecule has 2 aromatic heterocycles. The van der Waals surface area contributed by atoms with E-state index in [0.717, 1.165) is 15.7 Å². The van der Waals surface area contributed by atoms with E-state index in [1.807, 2.05) is 13.0 Å². The third-order valence-corrected chi connectivity index (χ3v) is 2.60. The smallest absolute Gasteiger partial charge is 0.266 e. The fraction of sp³-hybridized carbons (Fsp3) is 0.182. The van der Waals surface area contributed by atoms with Gasteiger partial charge in [0.05, 0.1) is 5.69 Å². The van der Waals surface area contributed by atoms with Crippen molar-refractivity contribution < 1.29 is 0 Å². The van der Waals surface area contributed by atoms with E-state index in [4.69, 9.17) is 0 Å². The largest absolute Gasteiger partial charge is 0.268 e. The van der Waals surface area contributed by atoms with E-state index in [1.165, 1.54) is 10.7 Å². The minimum Gasteiger partial charge on any atom is -0.268 e. The van der Waals surface area contributed by atoms with Crippen LogP contribution in [0.5, 0.6) is 0 Å². The van der Waals surface area contributed by atoms with Gasteiger partial charge in [-0.25, -0.2) is 4.68 Å². The molecule has 82 valence electrons. The Hall–Kier alpha value is -1.49. The van der Waals surface area contributed by atoms with Crippen LogP contribution in [0.1, 0.15) is 6.92 Å². The molecule has 0 fully saturated rings. The van der Waals surface area contributed by atoms with E-state index in [1.54, 1.807) is 18.5 Å². The Kier molecular flexibility index (Phi) is 3.14. The number of rotatable bonds is 2. The van der Waals surface area contributed by atoms with Crippen LogP contribution in [-0.2, 0) is 6.54 Å². The van der Waals surface area contributed by atoms with Crippen molar-refractivity contribution in [3.8, 4) is 11.3 Å². The molecule has 0 spiro atoms. The second kappa shape index (κ2) is 4.57. The standard InChI is InChI=1S/C11H10BrN3O/c1-2-15-11(16)4-3-10(14-15)8-5-9(12)7-13-6-8/h3-7H,2H2,1H3. The molecular weight excluding hydrogens is 270 g/mol. The Bertz CT molecular complexity index is 565. The van der Waals surface area contributed by atoms with Gasteiger partial charge in [-0.3, -0.25) is 9.78 Å². The molecule has 0 aliphatic carbocycles. The molecule has 0 aromatic carbocycles. The summed E-state index contributed by atoms with van der Waals surface area (Å²) in [5.74, 6) is 0. The van der Waals surface area contributed by atoms with Gasteiger partial charge in [0.25, 0.3) is 5.56 Å². The van der Waals surface area contributed by atoms with E-state index < -0.39 is 0 Å². The van der Waals surface area contributed by atoms with Crippen molar-refractivity contribution in [3.05, 3.63) is 45.4 Å². The third-order valence-electron chi connectivity index (χ3n) is 2.17. The van der Waals surface area contributed by atoms with Crippen molar-refractivity contribution in [1.82, 2.24) is 14.8 Å². The Morgan fingerprint density at radius 1 is 1.38 bits per heavy atom. The SMILES string of the molecule is CCn1nc(-c2cncc(Br)c2)ccc1=O. The van der Waals surface area contributed by atoms with E-state index in [-0.39, 0.29) is 5.56 Å². The minimum atomic E-state index is -0.0887. The van der Waals surface area contributed by atoms with Gasteiger partial charge in [-0.2, -0.15) is 5.10 Å². The predicted molar refractivity (Wildman–Crippen MR) is 65.1 cm³/mol. The first kappa shape index (κ1) is 11.0. The molecular formula is C11H10BrN3O. The maximum absolute atomic E-state index is 11.4. The van der Waals surface area contributed by atoms with Gasteiger partial charge in [0.1, 0.15) is 0 Å². The Labute approximate surface area is 101 Å². The van der Waals surface area contributed by atoms with Crippen LogP contribution in [0, 0.1) is 0 Å². The van der Waals surface area contributed by atoms with Gasteiger partial charge in [0.2, 0.25) is 0 Å². The lowest BCUT2D eigenvalue weighted by molar-refractivity contribution is 0.619. The Morgan fingerprint density at radius 2 is 2.19 bits per heavy atom. The number of aromatic nitrogens is 3. The molecule has 0 radical (unpaired) electrons. The zero-order valence-electron chi connectivity index (χ0n) is 8.72. The summed E-state index contributed by atoms with van der Waals surface area (Å²) in [5, 5.41) is 4.25. The van der Waals surface area contributed by atoms with Crippen molar-refractivity contribution in [3.63, 3.8) is 0 Å². The number of halogens is 1. The van der Waals surface area contributed by atoms with E-state index in [2.05, 4.69) is 26.0 Å².